The maximum absolute atomic E-state index is 10.1. The zero-order valence-electron chi connectivity index (χ0n) is 10.9. The van der Waals surface area contributed by atoms with Crippen LogP contribution in [0.1, 0.15) is 57.1 Å². The molecule has 94 valence electrons. The molecule has 17 heavy (non-hydrogen) atoms. The molecule has 0 aliphatic heterocycles. The Morgan fingerprint density at radius 1 is 1.18 bits per heavy atom. The molecule has 3 N–H and O–H groups in total. The van der Waals surface area contributed by atoms with Gasteiger partial charge in [0.2, 0.25) is 0 Å². The molecular formula is C15H23NO. The van der Waals surface area contributed by atoms with Crippen LogP contribution in [0.25, 0.3) is 0 Å². The summed E-state index contributed by atoms with van der Waals surface area (Å²) < 4.78 is 0. The van der Waals surface area contributed by atoms with Crippen LogP contribution >= 0.6 is 0 Å². The molecule has 1 aliphatic rings. The van der Waals surface area contributed by atoms with Crippen LogP contribution in [-0.2, 0) is 11.1 Å². The molecule has 1 fully saturated rings. The Balaban J connectivity index is 2.32. The van der Waals surface area contributed by atoms with E-state index >= 15 is 0 Å². The van der Waals surface area contributed by atoms with Crippen molar-refractivity contribution >= 4 is 0 Å². The first kappa shape index (κ1) is 12.6. The molecule has 2 rings (SSSR count). The molecule has 1 aromatic carbocycles. The molecule has 0 unspecified atom stereocenters. The summed E-state index contributed by atoms with van der Waals surface area (Å²) >= 11 is 0. The van der Waals surface area contributed by atoms with Crippen molar-refractivity contribution < 1.29 is 5.11 Å². The van der Waals surface area contributed by atoms with Crippen molar-refractivity contribution in [2.45, 2.75) is 57.1 Å². The van der Waals surface area contributed by atoms with Gasteiger partial charge in [-0.1, -0.05) is 43.5 Å². The van der Waals surface area contributed by atoms with E-state index in [1.54, 1.807) is 0 Å². The molecule has 2 heteroatoms. The fourth-order valence-corrected chi connectivity index (χ4v) is 2.68. The van der Waals surface area contributed by atoms with Crippen molar-refractivity contribution in [2.24, 2.45) is 5.73 Å². The molecule has 0 atom stereocenters. The predicted octanol–water partition coefficient (Wildman–Crippen LogP) is 3.03. The van der Waals surface area contributed by atoms with Gasteiger partial charge in [0.1, 0.15) is 0 Å². The van der Waals surface area contributed by atoms with Gasteiger partial charge in [0.15, 0.2) is 0 Å². The number of benzene rings is 1. The Hall–Kier alpha value is -0.860. The first-order valence-corrected chi connectivity index (χ1v) is 6.54. The Morgan fingerprint density at radius 3 is 2.41 bits per heavy atom. The summed E-state index contributed by atoms with van der Waals surface area (Å²) in [6.45, 7) is 3.63. The summed E-state index contributed by atoms with van der Waals surface area (Å²) in [5, 5.41) is 10.1. The van der Waals surface area contributed by atoms with Gasteiger partial charge >= 0.3 is 0 Å². The van der Waals surface area contributed by atoms with E-state index < -0.39 is 5.60 Å². The molecule has 0 saturated heterocycles. The Morgan fingerprint density at radius 2 is 1.82 bits per heavy atom. The number of hydrogen-bond donors (Lipinski definition) is 2. The Kier molecular flexibility index (Phi) is 3.28. The van der Waals surface area contributed by atoms with Crippen LogP contribution in [-0.4, -0.2) is 5.11 Å². The fourth-order valence-electron chi connectivity index (χ4n) is 2.68. The van der Waals surface area contributed by atoms with Crippen LogP contribution in [0.4, 0.5) is 0 Å². The van der Waals surface area contributed by atoms with E-state index in [9.17, 15) is 5.11 Å². The summed E-state index contributed by atoms with van der Waals surface area (Å²) in [5.41, 5.74) is 7.67. The SMILES string of the molecule is CC(C)(O)c1cccc(C2(N)CCCCC2)c1. The monoisotopic (exact) mass is 233 g/mol. The lowest BCUT2D eigenvalue weighted by atomic mass is 9.76. The van der Waals surface area contributed by atoms with E-state index in [1.165, 1.54) is 24.8 Å². The average Bonchev–Trinajstić information content (AvgIpc) is 2.29. The molecule has 0 spiro atoms. The molecule has 1 aromatic rings. The zero-order valence-corrected chi connectivity index (χ0v) is 10.9. The number of nitrogens with two attached hydrogens (primary N) is 1. The van der Waals surface area contributed by atoms with Gasteiger partial charge in [0.25, 0.3) is 0 Å². The van der Waals surface area contributed by atoms with Crippen molar-refractivity contribution in [3.8, 4) is 0 Å². The third-order valence-electron chi connectivity index (χ3n) is 3.89. The molecule has 0 bridgehead atoms. The smallest absolute Gasteiger partial charge is 0.0840 e. The highest BCUT2D eigenvalue weighted by Gasteiger charge is 2.30. The van der Waals surface area contributed by atoms with E-state index in [2.05, 4.69) is 12.1 Å². The maximum Gasteiger partial charge on any atom is 0.0840 e. The van der Waals surface area contributed by atoms with Gasteiger partial charge in [-0.2, -0.15) is 0 Å². The summed E-state index contributed by atoms with van der Waals surface area (Å²) in [4.78, 5) is 0. The van der Waals surface area contributed by atoms with Crippen LogP contribution in [0.15, 0.2) is 24.3 Å². The second-order valence-electron chi connectivity index (χ2n) is 5.86. The van der Waals surface area contributed by atoms with Crippen molar-refractivity contribution in [3.63, 3.8) is 0 Å². The lowest BCUT2D eigenvalue weighted by Crippen LogP contribution is -2.38. The minimum absolute atomic E-state index is 0.181. The molecule has 1 aliphatic carbocycles. The summed E-state index contributed by atoms with van der Waals surface area (Å²) in [6.07, 6.45) is 5.83. The van der Waals surface area contributed by atoms with E-state index in [0.717, 1.165) is 18.4 Å². The quantitative estimate of drug-likeness (QED) is 0.824. The Bertz CT molecular complexity index is 386. The van der Waals surface area contributed by atoms with Crippen LogP contribution in [0.3, 0.4) is 0 Å². The first-order chi connectivity index (χ1) is 7.92. The van der Waals surface area contributed by atoms with Crippen molar-refractivity contribution in [3.05, 3.63) is 35.4 Å². The molecule has 1 saturated carbocycles. The second-order valence-corrected chi connectivity index (χ2v) is 5.86. The second kappa shape index (κ2) is 4.43. The molecule has 0 radical (unpaired) electrons. The average molecular weight is 233 g/mol. The summed E-state index contributed by atoms with van der Waals surface area (Å²) in [7, 11) is 0. The number of hydrogen-bond acceptors (Lipinski definition) is 2. The molecular weight excluding hydrogens is 210 g/mol. The summed E-state index contributed by atoms with van der Waals surface area (Å²) in [5.74, 6) is 0. The van der Waals surface area contributed by atoms with E-state index in [-0.39, 0.29) is 5.54 Å². The third kappa shape index (κ3) is 2.70. The highest BCUT2D eigenvalue weighted by atomic mass is 16.3. The maximum atomic E-state index is 10.1. The summed E-state index contributed by atoms with van der Waals surface area (Å²) in [6, 6.07) is 8.15. The highest BCUT2D eigenvalue weighted by Crippen LogP contribution is 2.36. The fraction of sp³-hybridized carbons (Fsp3) is 0.600. The highest BCUT2D eigenvalue weighted by molar-refractivity contribution is 5.32. The minimum Gasteiger partial charge on any atom is -0.386 e. The normalized spacial score (nSPS) is 20.2. The predicted molar refractivity (Wildman–Crippen MR) is 70.6 cm³/mol. The lowest BCUT2D eigenvalue weighted by Gasteiger charge is -2.34. The molecule has 2 nitrogen and oxygen atoms in total. The van der Waals surface area contributed by atoms with Crippen molar-refractivity contribution in [2.75, 3.05) is 0 Å². The largest absolute Gasteiger partial charge is 0.386 e. The van der Waals surface area contributed by atoms with Gasteiger partial charge < -0.3 is 10.8 Å². The van der Waals surface area contributed by atoms with Gasteiger partial charge in [0.05, 0.1) is 5.60 Å². The topological polar surface area (TPSA) is 46.2 Å². The van der Waals surface area contributed by atoms with E-state index in [0.29, 0.717) is 0 Å². The van der Waals surface area contributed by atoms with Crippen molar-refractivity contribution in [1.29, 1.82) is 0 Å². The van der Waals surface area contributed by atoms with Gasteiger partial charge in [-0.05, 0) is 37.8 Å². The van der Waals surface area contributed by atoms with Gasteiger partial charge in [-0.15, -0.1) is 0 Å². The Labute approximate surface area is 104 Å². The first-order valence-electron chi connectivity index (χ1n) is 6.54. The number of rotatable bonds is 2. The zero-order chi connectivity index (χ0) is 12.5. The van der Waals surface area contributed by atoms with Crippen molar-refractivity contribution in [1.82, 2.24) is 0 Å². The van der Waals surface area contributed by atoms with Gasteiger partial charge in [-0.25, -0.2) is 0 Å². The standard InChI is InChI=1S/C15H23NO/c1-14(2,17)12-7-6-8-13(11-12)15(16)9-4-3-5-10-15/h6-8,11,17H,3-5,9-10,16H2,1-2H3. The van der Waals surface area contributed by atoms with E-state index in [1.807, 2.05) is 26.0 Å². The third-order valence-corrected chi connectivity index (χ3v) is 3.89. The minimum atomic E-state index is -0.791. The van der Waals surface area contributed by atoms with Crippen LogP contribution in [0.2, 0.25) is 0 Å². The molecule has 0 amide bonds. The molecule has 0 heterocycles. The van der Waals surface area contributed by atoms with Gasteiger partial charge in [-0.3, -0.25) is 0 Å². The number of aliphatic hydroxyl groups is 1. The van der Waals surface area contributed by atoms with Gasteiger partial charge in [0, 0.05) is 5.54 Å². The van der Waals surface area contributed by atoms with Crippen LogP contribution in [0.5, 0.6) is 0 Å². The molecule has 0 aromatic heterocycles. The van der Waals surface area contributed by atoms with E-state index in [4.69, 9.17) is 5.73 Å². The van der Waals surface area contributed by atoms with Crippen LogP contribution < -0.4 is 5.73 Å². The lowest BCUT2D eigenvalue weighted by molar-refractivity contribution is 0.0783. The van der Waals surface area contributed by atoms with Crippen LogP contribution in [0, 0.1) is 0 Å².